The Hall–Kier alpha value is -1.91. The molecule has 106 valence electrons. The summed E-state index contributed by atoms with van der Waals surface area (Å²) in [6.45, 7) is 9.78. The summed E-state index contributed by atoms with van der Waals surface area (Å²) in [5, 5.41) is 0. The van der Waals surface area contributed by atoms with Crippen molar-refractivity contribution < 1.29 is 23.9 Å². The van der Waals surface area contributed by atoms with Gasteiger partial charge in [0.2, 0.25) is 0 Å². The van der Waals surface area contributed by atoms with Crippen molar-refractivity contribution in [1.82, 2.24) is 0 Å². The van der Waals surface area contributed by atoms with Crippen LogP contribution < -0.4 is 0 Å². The first-order valence-electron chi connectivity index (χ1n) is 5.98. The second-order valence-electron chi connectivity index (χ2n) is 4.43. The van der Waals surface area contributed by atoms with Crippen LogP contribution in [0.2, 0.25) is 0 Å². The molecule has 0 bridgehead atoms. The fourth-order valence-corrected chi connectivity index (χ4v) is 1.13. The summed E-state index contributed by atoms with van der Waals surface area (Å²) in [5.41, 5.74) is 0.289. The third-order valence-corrected chi connectivity index (χ3v) is 2.00. The van der Waals surface area contributed by atoms with Gasteiger partial charge in [0, 0.05) is 5.57 Å². The van der Waals surface area contributed by atoms with Crippen LogP contribution in [0.4, 0.5) is 0 Å². The van der Waals surface area contributed by atoms with Gasteiger partial charge in [0.05, 0.1) is 5.57 Å². The number of ether oxygens (including phenoxy) is 2. The minimum atomic E-state index is -0.701. The summed E-state index contributed by atoms with van der Waals surface area (Å²) >= 11 is 0. The quantitative estimate of drug-likeness (QED) is 0.231. The summed E-state index contributed by atoms with van der Waals surface area (Å²) in [5.74, 6) is -1.53. The van der Waals surface area contributed by atoms with Gasteiger partial charge in [-0.3, -0.25) is 4.79 Å². The van der Waals surface area contributed by atoms with E-state index in [1.807, 2.05) is 13.8 Å². The molecular weight excluding hydrogens is 248 g/mol. The van der Waals surface area contributed by atoms with Gasteiger partial charge in [0.1, 0.15) is 13.2 Å². The SMILES string of the molecule is C=C(C)C(=O)OCCOC(=O)C(=CC(C)C)C(C)=O. The Balaban J connectivity index is 4.26. The second-order valence-corrected chi connectivity index (χ2v) is 4.43. The minimum Gasteiger partial charge on any atom is -0.459 e. The predicted molar refractivity (Wildman–Crippen MR) is 70.3 cm³/mol. The Bertz CT molecular complexity index is 404. The normalized spacial score (nSPS) is 11.1. The van der Waals surface area contributed by atoms with Crippen molar-refractivity contribution in [3.8, 4) is 0 Å². The maximum atomic E-state index is 11.6. The fraction of sp³-hybridized carbons (Fsp3) is 0.500. The Morgan fingerprint density at radius 2 is 1.53 bits per heavy atom. The van der Waals surface area contributed by atoms with Gasteiger partial charge in [-0.05, 0) is 19.8 Å². The molecule has 0 aromatic carbocycles. The zero-order chi connectivity index (χ0) is 15.0. The predicted octanol–water partition coefficient (Wildman–Crippen LogP) is 1.82. The molecule has 0 aromatic rings. The van der Waals surface area contributed by atoms with Gasteiger partial charge in [-0.1, -0.05) is 26.5 Å². The van der Waals surface area contributed by atoms with Crippen LogP contribution in [0.3, 0.4) is 0 Å². The van der Waals surface area contributed by atoms with Crippen molar-refractivity contribution in [3.05, 3.63) is 23.8 Å². The second kappa shape index (κ2) is 8.24. The third-order valence-electron chi connectivity index (χ3n) is 2.00. The topological polar surface area (TPSA) is 69.7 Å². The monoisotopic (exact) mass is 268 g/mol. The number of carbonyl (C=O) groups is 3. The van der Waals surface area contributed by atoms with Crippen molar-refractivity contribution in [3.63, 3.8) is 0 Å². The standard InChI is InChI=1S/C14H20O5/c1-9(2)8-12(11(5)15)14(17)19-7-6-18-13(16)10(3)4/h8-9H,3,6-7H2,1-2,4-5H3. The van der Waals surface area contributed by atoms with Crippen LogP contribution >= 0.6 is 0 Å². The lowest BCUT2D eigenvalue weighted by molar-refractivity contribution is -0.148. The van der Waals surface area contributed by atoms with E-state index in [-0.39, 0.29) is 36.1 Å². The van der Waals surface area contributed by atoms with Crippen LogP contribution in [0.1, 0.15) is 27.7 Å². The van der Waals surface area contributed by atoms with Crippen molar-refractivity contribution in [2.45, 2.75) is 27.7 Å². The van der Waals surface area contributed by atoms with E-state index in [0.29, 0.717) is 0 Å². The number of carbonyl (C=O) groups excluding carboxylic acids is 3. The van der Waals surface area contributed by atoms with E-state index in [2.05, 4.69) is 6.58 Å². The lowest BCUT2D eigenvalue weighted by atomic mass is 10.1. The van der Waals surface area contributed by atoms with E-state index < -0.39 is 11.9 Å². The van der Waals surface area contributed by atoms with E-state index in [4.69, 9.17) is 9.47 Å². The van der Waals surface area contributed by atoms with Crippen molar-refractivity contribution in [2.75, 3.05) is 13.2 Å². The molecule has 0 fully saturated rings. The van der Waals surface area contributed by atoms with Crippen molar-refractivity contribution in [1.29, 1.82) is 0 Å². The molecule has 0 rings (SSSR count). The van der Waals surface area contributed by atoms with E-state index in [1.54, 1.807) is 6.08 Å². The molecule has 0 amide bonds. The average molecular weight is 268 g/mol. The molecule has 0 aliphatic heterocycles. The van der Waals surface area contributed by atoms with Crippen LogP contribution in [0.5, 0.6) is 0 Å². The summed E-state index contributed by atoms with van der Waals surface area (Å²) in [4.78, 5) is 34.0. The van der Waals surface area contributed by atoms with Gasteiger partial charge in [0.15, 0.2) is 5.78 Å². The maximum absolute atomic E-state index is 11.6. The smallest absolute Gasteiger partial charge is 0.341 e. The number of esters is 2. The first-order chi connectivity index (χ1) is 8.75. The Kier molecular flexibility index (Phi) is 7.41. The fourth-order valence-electron chi connectivity index (χ4n) is 1.13. The summed E-state index contributed by atoms with van der Waals surface area (Å²) in [6.07, 6.45) is 1.55. The molecule has 0 atom stereocenters. The van der Waals surface area contributed by atoms with E-state index >= 15 is 0 Å². The number of hydrogen-bond donors (Lipinski definition) is 0. The molecule has 0 spiro atoms. The highest BCUT2D eigenvalue weighted by Crippen LogP contribution is 2.06. The van der Waals surface area contributed by atoms with Crippen LogP contribution in [0.25, 0.3) is 0 Å². The van der Waals surface area contributed by atoms with E-state index in [9.17, 15) is 14.4 Å². The van der Waals surface area contributed by atoms with Crippen LogP contribution in [-0.2, 0) is 23.9 Å². The number of rotatable bonds is 7. The number of hydrogen-bond acceptors (Lipinski definition) is 5. The molecule has 5 heteroatoms. The molecule has 0 aliphatic rings. The largest absolute Gasteiger partial charge is 0.459 e. The summed E-state index contributed by atoms with van der Waals surface area (Å²) in [7, 11) is 0. The first-order valence-corrected chi connectivity index (χ1v) is 5.98. The van der Waals surface area contributed by atoms with Gasteiger partial charge in [-0.2, -0.15) is 0 Å². The van der Waals surface area contributed by atoms with Gasteiger partial charge < -0.3 is 9.47 Å². The van der Waals surface area contributed by atoms with Gasteiger partial charge in [-0.25, -0.2) is 9.59 Å². The molecule has 0 aliphatic carbocycles. The Labute approximate surface area is 113 Å². The highest BCUT2D eigenvalue weighted by Gasteiger charge is 2.16. The maximum Gasteiger partial charge on any atom is 0.341 e. The highest BCUT2D eigenvalue weighted by atomic mass is 16.6. The van der Waals surface area contributed by atoms with Crippen LogP contribution in [0.15, 0.2) is 23.8 Å². The van der Waals surface area contributed by atoms with Gasteiger partial charge in [-0.15, -0.1) is 0 Å². The molecule has 0 unspecified atom stereocenters. The number of allylic oxidation sites excluding steroid dienone is 1. The first kappa shape index (κ1) is 17.1. The summed E-state index contributed by atoms with van der Waals surface area (Å²) < 4.78 is 9.62. The number of ketones is 1. The van der Waals surface area contributed by atoms with Crippen molar-refractivity contribution in [2.24, 2.45) is 5.92 Å². The van der Waals surface area contributed by atoms with Crippen LogP contribution in [-0.4, -0.2) is 30.9 Å². The zero-order valence-corrected chi connectivity index (χ0v) is 11.8. The van der Waals surface area contributed by atoms with E-state index in [0.717, 1.165) is 0 Å². The lowest BCUT2D eigenvalue weighted by Gasteiger charge is -2.08. The molecule has 0 radical (unpaired) electrons. The van der Waals surface area contributed by atoms with Crippen LogP contribution in [0, 0.1) is 5.92 Å². The molecule has 19 heavy (non-hydrogen) atoms. The van der Waals surface area contributed by atoms with Gasteiger partial charge >= 0.3 is 11.9 Å². The Morgan fingerprint density at radius 3 is 1.89 bits per heavy atom. The average Bonchev–Trinajstić information content (AvgIpc) is 2.30. The molecule has 0 aromatic heterocycles. The molecule has 0 heterocycles. The molecule has 5 nitrogen and oxygen atoms in total. The minimum absolute atomic E-state index is 0.0150. The zero-order valence-electron chi connectivity index (χ0n) is 11.8. The molecular formula is C14H20O5. The molecule has 0 N–H and O–H groups in total. The van der Waals surface area contributed by atoms with Crippen molar-refractivity contribution >= 4 is 17.7 Å². The third kappa shape index (κ3) is 7.18. The Morgan fingerprint density at radius 1 is 1.05 bits per heavy atom. The van der Waals surface area contributed by atoms with E-state index in [1.165, 1.54) is 13.8 Å². The van der Waals surface area contributed by atoms with Gasteiger partial charge in [0.25, 0.3) is 0 Å². The molecule has 0 saturated heterocycles. The lowest BCUT2D eigenvalue weighted by Crippen LogP contribution is -2.18. The highest BCUT2D eigenvalue weighted by molar-refractivity contribution is 6.16. The number of Topliss-reactive ketones (excluding diaryl/α,β-unsaturated/α-hetero) is 1. The summed E-state index contributed by atoms with van der Waals surface area (Å²) in [6, 6.07) is 0. The molecule has 0 saturated carbocycles.